The average molecular weight is 274 g/mol. The molecular formula is C17H26N2O. The second kappa shape index (κ2) is 7.44. The summed E-state index contributed by atoms with van der Waals surface area (Å²) in [5.41, 5.74) is 1.40. The van der Waals surface area contributed by atoms with Crippen LogP contribution in [0.2, 0.25) is 0 Å². The van der Waals surface area contributed by atoms with E-state index in [-0.39, 0.29) is 0 Å². The molecule has 1 saturated heterocycles. The van der Waals surface area contributed by atoms with Crippen molar-refractivity contribution in [1.82, 2.24) is 10.2 Å². The van der Waals surface area contributed by atoms with Gasteiger partial charge in [0.05, 0.1) is 0 Å². The van der Waals surface area contributed by atoms with Crippen LogP contribution >= 0.6 is 0 Å². The summed E-state index contributed by atoms with van der Waals surface area (Å²) in [7, 11) is 0. The van der Waals surface area contributed by atoms with Crippen molar-refractivity contribution in [2.75, 3.05) is 19.6 Å². The zero-order valence-electron chi connectivity index (χ0n) is 12.6. The smallest absolute Gasteiger partial charge is 0.222 e. The van der Waals surface area contributed by atoms with E-state index in [0.29, 0.717) is 17.9 Å². The molecule has 3 nitrogen and oxygen atoms in total. The first kappa shape index (κ1) is 15.0. The number of nitrogens with zero attached hydrogens (tertiary/aromatic N) is 1. The molecule has 0 aromatic heterocycles. The second-order valence-corrected chi connectivity index (χ2v) is 5.90. The summed E-state index contributed by atoms with van der Waals surface area (Å²) in [6.45, 7) is 7.22. The first-order valence-corrected chi connectivity index (χ1v) is 7.73. The molecule has 2 rings (SSSR count). The number of carbonyl (C=O) groups is 1. The summed E-state index contributed by atoms with van der Waals surface area (Å²) in [4.78, 5) is 13.6. The summed E-state index contributed by atoms with van der Waals surface area (Å²) in [5.74, 6) is 0.889. The van der Waals surface area contributed by atoms with Crippen LogP contribution in [0.3, 0.4) is 0 Å². The molecule has 20 heavy (non-hydrogen) atoms. The molecule has 3 heteroatoms. The van der Waals surface area contributed by atoms with Gasteiger partial charge in [0.2, 0.25) is 5.91 Å². The molecule has 1 fully saturated rings. The molecular weight excluding hydrogens is 248 g/mol. The third-order valence-electron chi connectivity index (χ3n) is 4.10. The fraction of sp³-hybridized carbons (Fsp3) is 0.588. The number of nitrogens with one attached hydrogen (secondary N) is 1. The molecule has 1 aromatic carbocycles. The number of benzene rings is 1. The van der Waals surface area contributed by atoms with Crippen molar-refractivity contribution >= 4 is 5.91 Å². The molecule has 2 unspecified atom stereocenters. The highest BCUT2D eigenvalue weighted by Crippen LogP contribution is 2.17. The number of amides is 1. The van der Waals surface area contributed by atoms with E-state index in [2.05, 4.69) is 49.5 Å². The predicted octanol–water partition coefficient (Wildman–Crippen LogP) is 2.78. The quantitative estimate of drug-likeness (QED) is 0.829. The first-order chi connectivity index (χ1) is 9.66. The van der Waals surface area contributed by atoms with Crippen LogP contribution in [0, 0.1) is 0 Å². The lowest BCUT2D eigenvalue weighted by molar-refractivity contribution is -0.127. The van der Waals surface area contributed by atoms with Crippen LogP contribution in [0.25, 0.3) is 0 Å². The highest BCUT2D eigenvalue weighted by atomic mass is 16.2. The molecule has 0 radical (unpaired) electrons. The van der Waals surface area contributed by atoms with Crippen molar-refractivity contribution in [2.45, 2.75) is 45.1 Å². The third kappa shape index (κ3) is 4.34. The summed E-state index contributed by atoms with van der Waals surface area (Å²) >= 11 is 0. The molecule has 1 amide bonds. The zero-order chi connectivity index (χ0) is 14.4. The highest BCUT2D eigenvalue weighted by Gasteiger charge is 2.21. The second-order valence-electron chi connectivity index (χ2n) is 5.90. The van der Waals surface area contributed by atoms with E-state index in [9.17, 15) is 4.79 Å². The Kier molecular flexibility index (Phi) is 5.60. The van der Waals surface area contributed by atoms with Gasteiger partial charge in [-0.15, -0.1) is 0 Å². The SMILES string of the molecule is CC(CN1CCCC1=O)NCCC(C)c1ccccc1. The van der Waals surface area contributed by atoms with Crippen LogP contribution in [0.4, 0.5) is 0 Å². The van der Waals surface area contributed by atoms with Gasteiger partial charge in [0, 0.05) is 25.6 Å². The van der Waals surface area contributed by atoms with Gasteiger partial charge in [-0.1, -0.05) is 37.3 Å². The Balaban J connectivity index is 1.66. The van der Waals surface area contributed by atoms with E-state index in [4.69, 9.17) is 0 Å². The minimum absolute atomic E-state index is 0.316. The molecule has 110 valence electrons. The molecule has 1 aliphatic rings. The Morgan fingerprint density at radius 2 is 2.00 bits per heavy atom. The fourth-order valence-electron chi connectivity index (χ4n) is 2.79. The largest absolute Gasteiger partial charge is 0.341 e. The number of rotatable bonds is 7. The Hall–Kier alpha value is -1.35. The van der Waals surface area contributed by atoms with E-state index in [1.807, 2.05) is 4.90 Å². The number of likely N-dealkylation sites (tertiary alicyclic amines) is 1. The minimum Gasteiger partial charge on any atom is -0.341 e. The van der Waals surface area contributed by atoms with Crippen LogP contribution in [0.1, 0.15) is 44.6 Å². The van der Waals surface area contributed by atoms with Gasteiger partial charge in [0.25, 0.3) is 0 Å². The van der Waals surface area contributed by atoms with E-state index < -0.39 is 0 Å². The number of carbonyl (C=O) groups excluding carboxylic acids is 1. The lowest BCUT2D eigenvalue weighted by atomic mass is 9.98. The Bertz CT molecular complexity index is 418. The summed E-state index contributed by atoms with van der Waals surface area (Å²) in [6, 6.07) is 11.0. The molecule has 2 atom stereocenters. The van der Waals surface area contributed by atoms with Crippen LogP contribution in [-0.2, 0) is 4.79 Å². The Morgan fingerprint density at radius 3 is 2.65 bits per heavy atom. The molecule has 1 heterocycles. The number of hydrogen-bond acceptors (Lipinski definition) is 2. The average Bonchev–Trinajstić information content (AvgIpc) is 2.85. The van der Waals surface area contributed by atoms with E-state index >= 15 is 0 Å². The minimum atomic E-state index is 0.316. The van der Waals surface area contributed by atoms with Crippen molar-refractivity contribution in [3.05, 3.63) is 35.9 Å². The Labute approximate surface area is 122 Å². The summed E-state index contributed by atoms with van der Waals surface area (Å²) in [6.07, 6.45) is 2.89. The monoisotopic (exact) mass is 274 g/mol. The topological polar surface area (TPSA) is 32.3 Å². The highest BCUT2D eigenvalue weighted by molar-refractivity contribution is 5.78. The maximum absolute atomic E-state index is 11.6. The molecule has 0 aliphatic carbocycles. The van der Waals surface area contributed by atoms with Crippen molar-refractivity contribution in [3.63, 3.8) is 0 Å². The van der Waals surface area contributed by atoms with Crippen LogP contribution < -0.4 is 5.32 Å². The summed E-state index contributed by atoms with van der Waals surface area (Å²) in [5, 5.41) is 3.54. The van der Waals surface area contributed by atoms with Crippen molar-refractivity contribution < 1.29 is 4.79 Å². The van der Waals surface area contributed by atoms with Crippen molar-refractivity contribution in [1.29, 1.82) is 0 Å². The maximum atomic E-state index is 11.6. The van der Waals surface area contributed by atoms with Crippen molar-refractivity contribution in [2.24, 2.45) is 0 Å². The first-order valence-electron chi connectivity index (χ1n) is 7.73. The third-order valence-corrected chi connectivity index (χ3v) is 4.10. The lowest BCUT2D eigenvalue weighted by Gasteiger charge is -2.22. The molecule has 0 saturated carbocycles. The van der Waals surface area contributed by atoms with Crippen LogP contribution in [-0.4, -0.2) is 36.5 Å². The lowest BCUT2D eigenvalue weighted by Crippen LogP contribution is -2.40. The van der Waals surface area contributed by atoms with E-state index in [1.165, 1.54) is 5.56 Å². The van der Waals surface area contributed by atoms with Gasteiger partial charge in [-0.2, -0.15) is 0 Å². The molecule has 0 bridgehead atoms. The summed E-state index contributed by atoms with van der Waals surface area (Å²) < 4.78 is 0. The number of hydrogen-bond donors (Lipinski definition) is 1. The van der Waals surface area contributed by atoms with Gasteiger partial charge >= 0.3 is 0 Å². The Morgan fingerprint density at radius 1 is 1.25 bits per heavy atom. The maximum Gasteiger partial charge on any atom is 0.222 e. The zero-order valence-corrected chi connectivity index (χ0v) is 12.6. The van der Waals surface area contributed by atoms with E-state index in [1.54, 1.807) is 0 Å². The molecule has 1 aromatic rings. The van der Waals surface area contributed by atoms with Gasteiger partial charge in [-0.3, -0.25) is 4.79 Å². The molecule has 1 aliphatic heterocycles. The van der Waals surface area contributed by atoms with Gasteiger partial charge in [-0.05, 0) is 37.8 Å². The van der Waals surface area contributed by atoms with Crippen LogP contribution in [0.15, 0.2) is 30.3 Å². The fourth-order valence-corrected chi connectivity index (χ4v) is 2.79. The van der Waals surface area contributed by atoms with Gasteiger partial charge in [0.15, 0.2) is 0 Å². The van der Waals surface area contributed by atoms with Crippen molar-refractivity contribution in [3.8, 4) is 0 Å². The molecule has 0 spiro atoms. The normalized spacial score (nSPS) is 18.3. The predicted molar refractivity (Wildman–Crippen MR) is 82.8 cm³/mol. The van der Waals surface area contributed by atoms with Gasteiger partial charge in [-0.25, -0.2) is 0 Å². The van der Waals surface area contributed by atoms with Gasteiger partial charge in [0.1, 0.15) is 0 Å². The standard InChI is InChI=1S/C17H26N2O/c1-14(16-7-4-3-5-8-16)10-11-18-15(2)13-19-12-6-9-17(19)20/h3-5,7-8,14-15,18H,6,9-13H2,1-2H3. The van der Waals surface area contributed by atoms with Gasteiger partial charge < -0.3 is 10.2 Å². The van der Waals surface area contributed by atoms with E-state index in [0.717, 1.165) is 38.9 Å². The molecule has 1 N–H and O–H groups in total. The van der Waals surface area contributed by atoms with Crippen LogP contribution in [0.5, 0.6) is 0 Å².